The first-order valence-electron chi connectivity index (χ1n) is 8.53. The summed E-state index contributed by atoms with van der Waals surface area (Å²) in [6.07, 6.45) is 0.0683. The van der Waals surface area contributed by atoms with Crippen molar-refractivity contribution in [3.8, 4) is 0 Å². The molecule has 0 radical (unpaired) electrons. The molecule has 1 fully saturated rings. The van der Waals surface area contributed by atoms with Crippen LogP contribution in [0.25, 0.3) is 0 Å². The maximum absolute atomic E-state index is 13.2. The SMILES string of the molecule is O=C1OC[C@H](c2ccccc2)N1C(=O)C(CCCO)c1ccc(F)cc1. The highest BCUT2D eigenvalue weighted by Crippen LogP contribution is 2.33. The van der Waals surface area contributed by atoms with Gasteiger partial charge in [-0.2, -0.15) is 0 Å². The van der Waals surface area contributed by atoms with E-state index in [1.165, 1.54) is 24.3 Å². The first kappa shape index (κ1) is 18.1. The van der Waals surface area contributed by atoms with Crippen LogP contribution in [-0.4, -0.2) is 35.2 Å². The van der Waals surface area contributed by atoms with Crippen LogP contribution in [0.15, 0.2) is 54.6 Å². The molecule has 1 unspecified atom stereocenters. The average Bonchev–Trinajstić information content (AvgIpc) is 3.05. The minimum Gasteiger partial charge on any atom is -0.446 e. The Balaban J connectivity index is 1.91. The first-order chi connectivity index (χ1) is 12.6. The van der Waals surface area contributed by atoms with Gasteiger partial charge in [0.25, 0.3) is 0 Å². The fraction of sp³-hybridized carbons (Fsp3) is 0.300. The van der Waals surface area contributed by atoms with Crippen molar-refractivity contribution in [2.45, 2.75) is 24.8 Å². The third-order valence-electron chi connectivity index (χ3n) is 4.52. The lowest BCUT2D eigenvalue weighted by Gasteiger charge is -2.25. The molecule has 2 atom stereocenters. The van der Waals surface area contributed by atoms with Crippen LogP contribution < -0.4 is 0 Å². The second-order valence-corrected chi connectivity index (χ2v) is 6.18. The van der Waals surface area contributed by atoms with Gasteiger partial charge >= 0.3 is 6.09 Å². The third-order valence-corrected chi connectivity index (χ3v) is 4.52. The van der Waals surface area contributed by atoms with Gasteiger partial charge in [-0.25, -0.2) is 14.1 Å². The maximum Gasteiger partial charge on any atom is 0.417 e. The summed E-state index contributed by atoms with van der Waals surface area (Å²) in [7, 11) is 0. The van der Waals surface area contributed by atoms with Crippen molar-refractivity contribution < 1.29 is 23.8 Å². The van der Waals surface area contributed by atoms with Crippen LogP contribution in [0.4, 0.5) is 9.18 Å². The molecule has 136 valence electrons. The minimum absolute atomic E-state index is 0.0719. The van der Waals surface area contributed by atoms with Gasteiger partial charge in [0.2, 0.25) is 5.91 Å². The van der Waals surface area contributed by atoms with Crippen LogP contribution in [0, 0.1) is 5.82 Å². The quantitative estimate of drug-likeness (QED) is 0.860. The smallest absolute Gasteiger partial charge is 0.417 e. The van der Waals surface area contributed by atoms with Gasteiger partial charge in [0.15, 0.2) is 0 Å². The number of carbonyl (C=O) groups is 2. The van der Waals surface area contributed by atoms with Gasteiger partial charge in [0.1, 0.15) is 18.5 Å². The molecule has 1 aliphatic rings. The van der Waals surface area contributed by atoms with Crippen molar-refractivity contribution >= 4 is 12.0 Å². The Hall–Kier alpha value is -2.73. The van der Waals surface area contributed by atoms with E-state index in [-0.39, 0.29) is 13.2 Å². The average molecular weight is 357 g/mol. The molecule has 2 aromatic carbocycles. The molecule has 0 saturated carbocycles. The molecule has 3 rings (SSSR count). The van der Waals surface area contributed by atoms with Crippen molar-refractivity contribution in [1.29, 1.82) is 0 Å². The van der Waals surface area contributed by atoms with Gasteiger partial charge in [-0.3, -0.25) is 4.79 Å². The summed E-state index contributed by atoms with van der Waals surface area (Å²) in [4.78, 5) is 26.6. The number of halogens is 1. The Kier molecular flexibility index (Phi) is 5.63. The topological polar surface area (TPSA) is 66.8 Å². The summed E-state index contributed by atoms with van der Waals surface area (Å²) in [5.74, 6) is -1.45. The van der Waals surface area contributed by atoms with E-state index in [0.29, 0.717) is 18.4 Å². The van der Waals surface area contributed by atoms with Crippen LogP contribution in [0.2, 0.25) is 0 Å². The largest absolute Gasteiger partial charge is 0.446 e. The zero-order valence-electron chi connectivity index (χ0n) is 14.2. The monoisotopic (exact) mass is 357 g/mol. The van der Waals surface area contributed by atoms with Crippen molar-refractivity contribution in [2.24, 2.45) is 0 Å². The molecule has 1 saturated heterocycles. The van der Waals surface area contributed by atoms with E-state index in [1.807, 2.05) is 30.3 Å². The minimum atomic E-state index is -0.681. The highest BCUT2D eigenvalue weighted by atomic mass is 19.1. The molecule has 0 aliphatic carbocycles. The molecular formula is C20H20FNO4. The predicted octanol–water partition coefficient (Wildman–Crippen LogP) is 3.40. The van der Waals surface area contributed by atoms with Gasteiger partial charge in [-0.05, 0) is 36.1 Å². The Labute approximate surface area is 151 Å². The van der Waals surface area contributed by atoms with Crippen LogP contribution in [0.1, 0.15) is 35.9 Å². The number of rotatable bonds is 6. The highest BCUT2D eigenvalue weighted by Gasteiger charge is 2.41. The number of hydrogen-bond donors (Lipinski definition) is 1. The van der Waals surface area contributed by atoms with Gasteiger partial charge in [-0.15, -0.1) is 0 Å². The van der Waals surface area contributed by atoms with Gasteiger partial charge in [0, 0.05) is 6.61 Å². The summed E-state index contributed by atoms with van der Waals surface area (Å²) >= 11 is 0. The fourth-order valence-corrected chi connectivity index (χ4v) is 3.18. The van der Waals surface area contributed by atoms with Crippen LogP contribution in [0.5, 0.6) is 0 Å². The number of cyclic esters (lactones) is 1. The van der Waals surface area contributed by atoms with E-state index >= 15 is 0 Å². The van der Waals surface area contributed by atoms with E-state index in [1.54, 1.807) is 0 Å². The summed E-state index contributed by atoms with van der Waals surface area (Å²) in [5.41, 5.74) is 1.42. The summed E-state index contributed by atoms with van der Waals surface area (Å²) in [6.45, 7) is 0.0300. The number of nitrogens with zero attached hydrogens (tertiary/aromatic N) is 1. The van der Waals surface area contributed by atoms with E-state index in [4.69, 9.17) is 9.84 Å². The van der Waals surface area contributed by atoms with Crippen LogP contribution in [0.3, 0.4) is 0 Å². The molecule has 2 amide bonds. The Morgan fingerprint density at radius 3 is 2.54 bits per heavy atom. The van der Waals surface area contributed by atoms with E-state index < -0.39 is 29.8 Å². The first-order valence-corrected chi connectivity index (χ1v) is 8.53. The number of amides is 2. The maximum atomic E-state index is 13.2. The van der Waals surface area contributed by atoms with Crippen molar-refractivity contribution in [1.82, 2.24) is 4.90 Å². The fourth-order valence-electron chi connectivity index (χ4n) is 3.18. The molecule has 1 N–H and O–H groups in total. The number of hydrogen-bond acceptors (Lipinski definition) is 4. The molecule has 5 nitrogen and oxygen atoms in total. The summed E-state index contributed by atoms with van der Waals surface area (Å²) in [5, 5.41) is 9.16. The molecule has 1 aliphatic heterocycles. The predicted molar refractivity (Wildman–Crippen MR) is 92.8 cm³/mol. The molecule has 26 heavy (non-hydrogen) atoms. The molecule has 0 bridgehead atoms. The Morgan fingerprint density at radius 1 is 1.19 bits per heavy atom. The second-order valence-electron chi connectivity index (χ2n) is 6.18. The van der Waals surface area contributed by atoms with Gasteiger partial charge in [0.05, 0.1) is 5.92 Å². The highest BCUT2D eigenvalue weighted by molar-refractivity contribution is 5.97. The third kappa shape index (κ3) is 3.75. The molecule has 0 aromatic heterocycles. The molecular weight excluding hydrogens is 337 g/mol. The Morgan fingerprint density at radius 2 is 1.88 bits per heavy atom. The lowest BCUT2D eigenvalue weighted by atomic mass is 9.92. The summed E-state index contributed by atoms with van der Waals surface area (Å²) < 4.78 is 18.4. The molecule has 2 aromatic rings. The molecule has 0 spiro atoms. The lowest BCUT2D eigenvalue weighted by molar-refractivity contribution is -0.131. The number of ether oxygens (including phenoxy) is 1. The lowest BCUT2D eigenvalue weighted by Crippen LogP contribution is -2.38. The molecule has 6 heteroatoms. The van der Waals surface area contributed by atoms with Crippen molar-refractivity contribution in [3.05, 3.63) is 71.5 Å². The standard InChI is InChI=1S/C20H20FNO4/c21-16-10-8-14(9-11-16)17(7-4-12-23)19(24)22-18(13-26-20(22)25)15-5-2-1-3-6-15/h1-3,5-6,8-11,17-18,23H,4,7,12-13H2/t17?,18-/m1/s1. The Bertz CT molecular complexity index is 763. The van der Waals surface area contributed by atoms with Gasteiger partial charge in [-0.1, -0.05) is 42.5 Å². The van der Waals surface area contributed by atoms with E-state index in [0.717, 1.165) is 10.5 Å². The van der Waals surface area contributed by atoms with Crippen LogP contribution in [-0.2, 0) is 9.53 Å². The van der Waals surface area contributed by atoms with Crippen molar-refractivity contribution in [2.75, 3.05) is 13.2 Å². The molecule has 1 heterocycles. The van der Waals surface area contributed by atoms with Gasteiger partial charge < -0.3 is 9.84 Å². The summed E-state index contributed by atoms with van der Waals surface area (Å²) in [6, 6.07) is 14.4. The van der Waals surface area contributed by atoms with E-state index in [9.17, 15) is 14.0 Å². The number of benzene rings is 2. The number of carbonyl (C=O) groups excluding carboxylic acids is 2. The normalized spacial score (nSPS) is 17.8. The second kappa shape index (κ2) is 8.10. The van der Waals surface area contributed by atoms with Crippen LogP contribution >= 0.6 is 0 Å². The van der Waals surface area contributed by atoms with Crippen molar-refractivity contribution in [3.63, 3.8) is 0 Å². The van der Waals surface area contributed by atoms with E-state index in [2.05, 4.69) is 0 Å². The number of aliphatic hydroxyl groups is 1. The zero-order chi connectivity index (χ0) is 18.5. The number of aliphatic hydroxyl groups excluding tert-OH is 1. The number of imide groups is 1. The zero-order valence-corrected chi connectivity index (χ0v) is 14.2.